The van der Waals surface area contributed by atoms with E-state index in [0.29, 0.717) is 6.42 Å². The topological polar surface area (TPSA) is 174 Å². The van der Waals surface area contributed by atoms with Crippen LogP contribution in [0.15, 0.2) is 14.4 Å². The van der Waals surface area contributed by atoms with Crippen LogP contribution in [0.1, 0.15) is 13.3 Å². The number of imidazole rings is 1. The number of fused-ring (bicyclic) bond motifs is 1. The Kier molecular flexibility index (Phi) is 5.39. The molecule has 2 aromatic heterocycles. The van der Waals surface area contributed by atoms with Gasteiger partial charge in [-0.15, -0.1) is 0 Å². The van der Waals surface area contributed by atoms with E-state index in [1.54, 1.807) is 6.92 Å². The molecule has 0 saturated heterocycles. The van der Waals surface area contributed by atoms with Gasteiger partial charge in [0.05, 0.1) is 13.2 Å². The highest BCUT2D eigenvalue weighted by atomic mass is 16.4. The first kappa shape index (κ1) is 18.1. The first-order valence-corrected chi connectivity index (χ1v) is 7.42. The maximum Gasteiger partial charge on any atom is 0.330 e. The van der Waals surface area contributed by atoms with E-state index in [9.17, 15) is 29.7 Å². The minimum absolute atomic E-state index is 0.0501. The van der Waals surface area contributed by atoms with Crippen molar-refractivity contribution >= 4 is 11.2 Å². The maximum atomic E-state index is 12.5. The van der Waals surface area contributed by atoms with Crippen molar-refractivity contribution in [3.63, 3.8) is 0 Å². The van der Waals surface area contributed by atoms with Crippen molar-refractivity contribution in [2.75, 3.05) is 6.61 Å². The number of hydrogen-bond donors (Lipinski definition) is 6. The molecule has 0 saturated carbocycles. The predicted molar refractivity (Wildman–Crippen MR) is 82.8 cm³/mol. The van der Waals surface area contributed by atoms with Gasteiger partial charge in [0.2, 0.25) is 0 Å². The molecule has 134 valence electrons. The summed E-state index contributed by atoms with van der Waals surface area (Å²) in [6.45, 7) is 0.756. The van der Waals surface area contributed by atoms with Gasteiger partial charge in [0.25, 0.3) is 5.56 Å². The van der Waals surface area contributed by atoms with E-state index in [1.807, 2.05) is 4.98 Å². The predicted octanol–water partition coefficient (Wildman–Crippen LogP) is -3.34. The van der Waals surface area contributed by atoms with Crippen molar-refractivity contribution < 1.29 is 20.4 Å². The van der Waals surface area contributed by atoms with Crippen LogP contribution in [0, 0.1) is 0 Å². The Labute approximate surface area is 134 Å². The monoisotopic (exact) mass is 344 g/mol. The zero-order chi connectivity index (χ0) is 18.0. The molecule has 0 bridgehead atoms. The molecule has 3 atom stereocenters. The molecule has 0 amide bonds. The maximum absolute atomic E-state index is 12.5. The van der Waals surface area contributed by atoms with E-state index in [2.05, 4.69) is 4.98 Å². The Hall–Kier alpha value is -2.21. The lowest BCUT2D eigenvalue weighted by atomic mass is 10.1. The standard InChI is InChI=1S/C13H20N4O7/c1-2-3-16-8-10(14-12(23)15-11(8)22)17(13(16)24)4-6(19)9(21)7(20)5-18/h6-7,9,18-21H,2-5H2,1H3,(H2,14,15,22,23)/t6-,7-,9-/m1/s1. The van der Waals surface area contributed by atoms with Gasteiger partial charge >= 0.3 is 11.4 Å². The molecule has 0 unspecified atom stereocenters. The van der Waals surface area contributed by atoms with Crippen LogP contribution in [-0.4, -0.2) is 64.4 Å². The molecule has 6 N–H and O–H groups in total. The number of aryl methyl sites for hydroxylation is 1. The number of hydrogen-bond acceptors (Lipinski definition) is 7. The van der Waals surface area contributed by atoms with E-state index in [-0.39, 0.29) is 17.7 Å². The summed E-state index contributed by atoms with van der Waals surface area (Å²) in [5.74, 6) is 0. The SMILES string of the molecule is CCCn1c(=O)n(C[C@@H](O)[C@@H](O)[C@H](O)CO)c2[nH]c(=O)[nH]c(=O)c21. The van der Waals surface area contributed by atoms with Gasteiger partial charge in [-0.2, -0.15) is 0 Å². The van der Waals surface area contributed by atoms with E-state index in [0.717, 1.165) is 9.13 Å². The van der Waals surface area contributed by atoms with Crippen LogP contribution in [-0.2, 0) is 13.1 Å². The Morgan fingerprint density at radius 3 is 2.29 bits per heavy atom. The van der Waals surface area contributed by atoms with E-state index in [1.165, 1.54) is 0 Å². The molecule has 0 fully saturated rings. The van der Waals surface area contributed by atoms with Crippen LogP contribution in [0.25, 0.3) is 11.2 Å². The summed E-state index contributed by atoms with van der Waals surface area (Å²) < 4.78 is 2.10. The smallest absolute Gasteiger partial charge is 0.330 e. The average Bonchev–Trinajstić information content (AvgIpc) is 2.79. The Morgan fingerprint density at radius 1 is 1.04 bits per heavy atom. The number of rotatable bonds is 7. The third-order valence-electron chi connectivity index (χ3n) is 3.69. The average molecular weight is 344 g/mol. The van der Waals surface area contributed by atoms with Gasteiger partial charge in [0, 0.05) is 6.54 Å². The molecule has 0 aliphatic rings. The first-order valence-electron chi connectivity index (χ1n) is 7.42. The molecule has 2 rings (SSSR count). The molecule has 0 aliphatic heterocycles. The van der Waals surface area contributed by atoms with Gasteiger partial charge in [-0.3, -0.25) is 23.9 Å². The van der Waals surface area contributed by atoms with Crippen LogP contribution in [0.3, 0.4) is 0 Å². The summed E-state index contributed by atoms with van der Waals surface area (Å²) in [6.07, 6.45) is -4.36. The van der Waals surface area contributed by atoms with Crippen molar-refractivity contribution in [1.82, 2.24) is 19.1 Å². The van der Waals surface area contributed by atoms with Crippen molar-refractivity contribution in [3.8, 4) is 0 Å². The van der Waals surface area contributed by atoms with Gasteiger partial charge in [0.1, 0.15) is 24.0 Å². The van der Waals surface area contributed by atoms with Crippen LogP contribution in [0.5, 0.6) is 0 Å². The number of aliphatic hydroxyl groups is 4. The van der Waals surface area contributed by atoms with E-state index < -0.39 is 48.4 Å². The molecule has 0 radical (unpaired) electrons. The van der Waals surface area contributed by atoms with Gasteiger partial charge in [0.15, 0.2) is 5.52 Å². The highest BCUT2D eigenvalue weighted by Gasteiger charge is 2.27. The second-order valence-electron chi connectivity index (χ2n) is 5.46. The molecule has 2 aromatic rings. The Balaban J connectivity index is 2.58. The van der Waals surface area contributed by atoms with Gasteiger partial charge in [-0.25, -0.2) is 9.59 Å². The number of H-pyrrole nitrogens is 2. The van der Waals surface area contributed by atoms with Crippen LogP contribution >= 0.6 is 0 Å². The lowest BCUT2D eigenvalue weighted by Crippen LogP contribution is -2.43. The molecule has 0 spiro atoms. The highest BCUT2D eigenvalue weighted by molar-refractivity contribution is 5.69. The largest absolute Gasteiger partial charge is 0.394 e. The zero-order valence-corrected chi connectivity index (χ0v) is 13.0. The number of nitrogens with one attached hydrogen (secondary N) is 2. The Bertz CT molecular complexity index is 877. The lowest BCUT2D eigenvalue weighted by molar-refractivity contribution is -0.0806. The second kappa shape index (κ2) is 7.13. The second-order valence-corrected chi connectivity index (χ2v) is 5.46. The first-order chi connectivity index (χ1) is 11.3. The fraction of sp³-hybridized carbons (Fsp3) is 0.615. The zero-order valence-electron chi connectivity index (χ0n) is 13.0. The number of nitrogens with zero attached hydrogens (tertiary/aromatic N) is 2. The molecule has 24 heavy (non-hydrogen) atoms. The van der Waals surface area contributed by atoms with Crippen molar-refractivity contribution in [2.24, 2.45) is 0 Å². The third-order valence-corrected chi connectivity index (χ3v) is 3.69. The van der Waals surface area contributed by atoms with Gasteiger partial charge in [-0.05, 0) is 6.42 Å². The third kappa shape index (κ3) is 3.19. The summed E-state index contributed by atoms with van der Waals surface area (Å²) in [5, 5.41) is 37.9. The number of aromatic amines is 2. The van der Waals surface area contributed by atoms with Gasteiger partial charge in [-0.1, -0.05) is 6.92 Å². The van der Waals surface area contributed by atoms with Crippen molar-refractivity contribution in [3.05, 3.63) is 31.3 Å². The van der Waals surface area contributed by atoms with Crippen LogP contribution < -0.4 is 16.9 Å². The minimum atomic E-state index is -1.71. The lowest BCUT2D eigenvalue weighted by Gasteiger charge is -2.21. The summed E-state index contributed by atoms with van der Waals surface area (Å²) >= 11 is 0. The molecular weight excluding hydrogens is 324 g/mol. The van der Waals surface area contributed by atoms with E-state index >= 15 is 0 Å². The van der Waals surface area contributed by atoms with Crippen molar-refractivity contribution in [2.45, 2.75) is 44.7 Å². The fourth-order valence-corrected chi connectivity index (χ4v) is 2.51. The fourth-order valence-electron chi connectivity index (χ4n) is 2.51. The summed E-state index contributed by atoms with van der Waals surface area (Å²) in [7, 11) is 0. The van der Waals surface area contributed by atoms with E-state index in [4.69, 9.17) is 5.11 Å². The molecule has 0 aromatic carbocycles. The normalized spacial score (nSPS) is 15.5. The summed E-state index contributed by atoms with van der Waals surface area (Å²) in [5.41, 5.74) is -2.36. The molecular formula is C13H20N4O7. The molecule has 11 nitrogen and oxygen atoms in total. The summed E-state index contributed by atoms with van der Waals surface area (Å²) in [6, 6.07) is 0. The minimum Gasteiger partial charge on any atom is -0.394 e. The van der Waals surface area contributed by atoms with Gasteiger partial charge < -0.3 is 20.4 Å². The number of aromatic nitrogens is 4. The summed E-state index contributed by atoms with van der Waals surface area (Å²) in [4.78, 5) is 40.3. The highest BCUT2D eigenvalue weighted by Crippen LogP contribution is 2.08. The van der Waals surface area contributed by atoms with Crippen LogP contribution in [0.4, 0.5) is 0 Å². The number of aliphatic hydroxyl groups excluding tert-OH is 4. The van der Waals surface area contributed by atoms with Crippen LogP contribution in [0.2, 0.25) is 0 Å². The quantitative estimate of drug-likeness (QED) is 0.304. The molecule has 2 heterocycles. The molecule has 0 aliphatic carbocycles. The Morgan fingerprint density at radius 2 is 1.71 bits per heavy atom. The van der Waals surface area contributed by atoms with Crippen molar-refractivity contribution in [1.29, 1.82) is 0 Å². The molecule has 11 heteroatoms.